The number of amides is 1. The van der Waals surface area contributed by atoms with Gasteiger partial charge in [-0.2, -0.15) is 5.10 Å². The molecule has 32 heavy (non-hydrogen) atoms. The van der Waals surface area contributed by atoms with Crippen LogP contribution >= 0.6 is 0 Å². The van der Waals surface area contributed by atoms with Gasteiger partial charge in [0.15, 0.2) is 5.96 Å². The minimum atomic E-state index is -0.519. The number of hydrogen-bond acceptors (Lipinski definition) is 5. The molecule has 0 unspecified atom stereocenters. The molecule has 1 fully saturated rings. The summed E-state index contributed by atoms with van der Waals surface area (Å²) in [7, 11) is 5.60. The highest BCUT2D eigenvalue weighted by molar-refractivity contribution is 5.90. The summed E-state index contributed by atoms with van der Waals surface area (Å²) < 4.78 is 7.41. The summed E-state index contributed by atoms with van der Waals surface area (Å²) >= 11 is 0. The molecular weight excluding hydrogens is 406 g/mol. The molecular formula is C23H35N7O2. The van der Waals surface area contributed by atoms with E-state index < -0.39 is 5.60 Å². The van der Waals surface area contributed by atoms with E-state index in [9.17, 15) is 4.79 Å². The van der Waals surface area contributed by atoms with Gasteiger partial charge in [-0.1, -0.05) is 12.1 Å². The third kappa shape index (κ3) is 5.99. The Morgan fingerprint density at radius 3 is 2.59 bits per heavy atom. The van der Waals surface area contributed by atoms with Crippen molar-refractivity contribution in [2.45, 2.75) is 65.3 Å². The number of ether oxygens (including phenoxy) is 1. The number of nitrogens with one attached hydrogen (secondary N) is 1. The fourth-order valence-corrected chi connectivity index (χ4v) is 3.50. The average Bonchev–Trinajstić information content (AvgIpc) is 3.45. The monoisotopic (exact) mass is 441 g/mol. The number of aliphatic imine (C=N–C) groups is 1. The second kappa shape index (κ2) is 9.58. The van der Waals surface area contributed by atoms with Crippen LogP contribution in [0, 0.1) is 6.92 Å². The number of carbonyl (C=O) groups is 1. The highest BCUT2D eigenvalue weighted by Crippen LogP contribution is 2.35. The molecule has 0 spiro atoms. The van der Waals surface area contributed by atoms with Gasteiger partial charge >= 0.3 is 6.09 Å². The van der Waals surface area contributed by atoms with Gasteiger partial charge in [-0.25, -0.2) is 9.78 Å². The molecule has 1 N–H and O–H groups in total. The van der Waals surface area contributed by atoms with E-state index in [1.54, 1.807) is 18.1 Å². The van der Waals surface area contributed by atoms with Crippen molar-refractivity contribution in [2.24, 2.45) is 12.0 Å². The van der Waals surface area contributed by atoms with Crippen molar-refractivity contribution in [3.8, 4) is 0 Å². The van der Waals surface area contributed by atoms with Gasteiger partial charge in [0.1, 0.15) is 17.8 Å². The maximum absolute atomic E-state index is 12.8. The zero-order valence-corrected chi connectivity index (χ0v) is 20.2. The Hall–Kier alpha value is -3.10. The topological polar surface area (TPSA) is 87.9 Å². The van der Waals surface area contributed by atoms with Gasteiger partial charge in [-0.05, 0) is 57.7 Å². The number of benzene rings is 1. The second-order valence-corrected chi connectivity index (χ2v) is 9.26. The van der Waals surface area contributed by atoms with Crippen LogP contribution in [-0.2, 0) is 24.9 Å². The Balaban J connectivity index is 1.66. The first-order valence-corrected chi connectivity index (χ1v) is 11.0. The zero-order chi connectivity index (χ0) is 23.5. The quantitative estimate of drug-likeness (QED) is 0.547. The lowest BCUT2D eigenvalue weighted by atomic mass is 10.1. The van der Waals surface area contributed by atoms with Gasteiger partial charge in [-0.3, -0.25) is 14.6 Å². The fraction of sp³-hybridized carbons (Fsp3) is 0.565. The molecule has 0 saturated heterocycles. The van der Waals surface area contributed by atoms with E-state index in [1.165, 1.54) is 0 Å². The van der Waals surface area contributed by atoms with Crippen molar-refractivity contribution in [1.29, 1.82) is 0 Å². The van der Waals surface area contributed by atoms with Crippen molar-refractivity contribution in [1.82, 2.24) is 25.0 Å². The molecule has 174 valence electrons. The van der Waals surface area contributed by atoms with Crippen molar-refractivity contribution in [2.75, 3.05) is 19.0 Å². The Kier molecular flexibility index (Phi) is 7.06. The van der Waals surface area contributed by atoms with E-state index in [4.69, 9.17) is 4.74 Å². The summed E-state index contributed by atoms with van der Waals surface area (Å²) in [6, 6.07) is 6.39. The lowest BCUT2D eigenvalue weighted by Crippen LogP contribution is -2.39. The number of guanidine groups is 1. The Labute approximate surface area is 190 Å². The van der Waals surface area contributed by atoms with E-state index >= 15 is 0 Å². The minimum Gasteiger partial charge on any atom is -0.443 e. The van der Waals surface area contributed by atoms with E-state index in [1.807, 2.05) is 63.7 Å². The minimum absolute atomic E-state index is 0.223. The molecule has 9 nitrogen and oxygen atoms in total. The normalized spacial score (nSPS) is 14.3. The summed E-state index contributed by atoms with van der Waals surface area (Å²) in [6.07, 6.45) is 3.29. The van der Waals surface area contributed by atoms with E-state index in [0.29, 0.717) is 13.1 Å². The number of aryl methyl sites for hydroxylation is 2. The fourth-order valence-electron chi connectivity index (χ4n) is 3.50. The molecule has 1 aliphatic carbocycles. The van der Waals surface area contributed by atoms with Crippen LogP contribution in [0.4, 0.5) is 10.5 Å². The Morgan fingerprint density at radius 2 is 2.06 bits per heavy atom. The molecule has 9 heteroatoms. The highest BCUT2D eigenvalue weighted by atomic mass is 16.6. The summed E-state index contributed by atoms with van der Waals surface area (Å²) in [5, 5.41) is 7.51. The summed E-state index contributed by atoms with van der Waals surface area (Å²) in [4.78, 5) is 25.3. The molecule has 0 atom stereocenters. The number of anilines is 1. The predicted octanol–water partition coefficient (Wildman–Crippen LogP) is 3.23. The SMILES string of the molecule is CN=C(NCc1ccc(N(C(=O)OC(C)(C)C)C2CC2)c(C)c1)N(C)Cc1ncnn1C. The average molecular weight is 442 g/mol. The first-order valence-electron chi connectivity index (χ1n) is 11.0. The molecule has 3 rings (SSSR count). The largest absolute Gasteiger partial charge is 0.443 e. The van der Waals surface area contributed by atoms with Gasteiger partial charge in [0, 0.05) is 33.7 Å². The van der Waals surface area contributed by atoms with Crippen LogP contribution in [0.15, 0.2) is 29.5 Å². The van der Waals surface area contributed by atoms with Gasteiger partial charge in [-0.15, -0.1) is 0 Å². The van der Waals surface area contributed by atoms with Crippen molar-refractivity contribution < 1.29 is 9.53 Å². The van der Waals surface area contributed by atoms with Crippen LogP contribution in [0.1, 0.15) is 50.6 Å². The summed E-state index contributed by atoms with van der Waals surface area (Å²) in [5.74, 6) is 1.63. The molecule has 1 saturated carbocycles. The van der Waals surface area contributed by atoms with E-state index in [2.05, 4.69) is 26.5 Å². The molecule has 0 bridgehead atoms. The molecule has 1 aromatic carbocycles. The third-order valence-electron chi connectivity index (χ3n) is 5.23. The lowest BCUT2D eigenvalue weighted by molar-refractivity contribution is 0.0577. The van der Waals surface area contributed by atoms with Crippen LogP contribution < -0.4 is 10.2 Å². The number of carbonyl (C=O) groups excluding carboxylic acids is 1. The standard InChI is InChI=1S/C23H35N7O2/c1-16-12-17(13-25-21(24-5)28(6)14-20-26-15-27-29(20)7)8-11-19(16)30(18-9-10-18)22(31)32-23(2,3)4/h8,11-12,15,18H,9-10,13-14H2,1-7H3,(H,24,25). The Morgan fingerprint density at radius 1 is 1.34 bits per heavy atom. The smallest absolute Gasteiger partial charge is 0.415 e. The van der Waals surface area contributed by atoms with E-state index in [0.717, 1.165) is 41.4 Å². The first-order chi connectivity index (χ1) is 15.1. The van der Waals surface area contributed by atoms with Gasteiger partial charge in [0.25, 0.3) is 0 Å². The van der Waals surface area contributed by atoms with E-state index in [-0.39, 0.29) is 12.1 Å². The molecule has 1 aromatic heterocycles. The zero-order valence-electron chi connectivity index (χ0n) is 20.2. The van der Waals surface area contributed by atoms with Gasteiger partial charge in [0.05, 0.1) is 12.2 Å². The van der Waals surface area contributed by atoms with Crippen LogP contribution in [-0.4, -0.2) is 57.5 Å². The van der Waals surface area contributed by atoms with Gasteiger partial charge in [0.2, 0.25) is 0 Å². The highest BCUT2D eigenvalue weighted by Gasteiger charge is 2.37. The van der Waals surface area contributed by atoms with Crippen LogP contribution in [0.5, 0.6) is 0 Å². The molecule has 1 heterocycles. The molecule has 1 amide bonds. The molecule has 2 aromatic rings. The maximum Gasteiger partial charge on any atom is 0.415 e. The molecule has 0 radical (unpaired) electrons. The first kappa shape index (κ1) is 23.6. The molecule has 0 aliphatic heterocycles. The number of rotatable bonds is 6. The third-order valence-corrected chi connectivity index (χ3v) is 5.23. The summed E-state index contributed by atoms with van der Waals surface area (Å²) in [6.45, 7) is 8.93. The lowest BCUT2D eigenvalue weighted by Gasteiger charge is -2.28. The number of hydrogen-bond donors (Lipinski definition) is 1. The van der Waals surface area contributed by atoms with Crippen molar-refractivity contribution >= 4 is 17.7 Å². The second-order valence-electron chi connectivity index (χ2n) is 9.26. The van der Waals surface area contributed by atoms with Crippen LogP contribution in [0.2, 0.25) is 0 Å². The number of nitrogens with zero attached hydrogens (tertiary/aromatic N) is 6. The molecule has 1 aliphatic rings. The van der Waals surface area contributed by atoms with Crippen molar-refractivity contribution in [3.63, 3.8) is 0 Å². The van der Waals surface area contributed by atoms with Crippen LogP contribution in [0.25, 0.3) is 0 Å². The number of aromatic nitrogens is 3. The van der Waals surface area contributed by atoms with Gasteiger partial charge < -0.3 is 15.0 Å². The predicted molar refractivity (Wildman–Crippen MR) is 126 cm³/mol. The van der Waals surface area contributed by atoms with Crippen LogP contribution in [0.3, 0.4) is 0 Å². The maximum atomic E-state index is 12.8. The Bertz CT molecular complexity index is 973. The van der Waals surface area contributed by atoms with Crippen molar-refractivity contribution in [3.05, 3.63) is 41.5 Å². The summed E-state index contributed by atoms with van der Waals surface area (Å²) in [5.41, 5.74) is 2.55.